The Kier molecular flexibility index (Phi) is 7.32. The molecule has 1 aromatic heterocycles. The maximum absolute atomic E-state index is 13.4. The zero-order chi connectivity index (χ0) is 14.3. The van der Waals surface area contributed by atoms with E-state index in [9.17, 15) is 4.39 Å². The van der Waals surface area contributed by atoms with Gasteiger partial charge in [-0.05, 0) is 12.8 Å². The third kappa shape index (κ3) is 5.04. The minimum atomic E-state index is -0.466. The first-order valence-electron chi connectivity index (χ1n) is 7.35. The van der Waals surface area contributed by atoms with E-state index < -0.39 is 5.95 Å². The van der Waals surface area contributed by atoms with E-state index >= 15 is 0 Å². The predicted molar refractivity (Wildman–Crippen MR) is 84.8 cm³/mol. The highest BCUT2D eigenvalue weighted by atomic mass is 127. The number of rotatable bonds is 9. The van der Waals surface area contributed by atoms with Crippen molar-refractivity contribution in [3.05, 3.63) is 15.6 Å². The van der Waals surface area contributed by atoms with Crippen LogP contribution in [0, 0.1) is 9.71 Å². The molecular formula is C15H25FINO. The molecule has 1 rings (SSSR count). The SMILES string of the molecule is CCCCCCC(C)(CCCC)c1nc(F)c(I)o1. The number of hydrogen-bond acceptors (Lipinski definition) is 2. The van der Waals surface area contributed by atoms with Gasteiger partial charge in [-0.2, -0.15) is 9.37 Å². The van der Waals surface area contributed by atoms with Crippen LogP contribution in [0.3, 0.4) is 0 Å². The van der Waals surface area contributed by atoms with Crippen molar-refractivity contribution in [2.45, 2.75) is 77.6 Å². The van der Waals surface area contributed by atoms with Crippen LogP contribution in [-0.4, -0.2) is 4.98 Å². The minimum absolute atomic E-state index is 0.117. The maximum atomic E-state index is 13.4. The third-order valence-corrected chi connectivity index (χ3v) is 4.39. The van der Waals surface area contributed by atoms with E-state index in [4.69, 9.17) is 4.42 Å². The van der Waals surface area contributed by atoms with Gasteiger partial charge in [-0.25, -0.2) is 0 Å². The molecule has 1 atom stereocenters. The van der Waals surface area contributed by atoms with Crippen molar-refractivity contribution in [1.29, 1.82) is 0 Å². The van der Waals surface area contributed by atoms with Crippen LogP contribution >= 0.6 is 22.6 Å². The molecule has 0 spiro atoms. The lowest BCUT2D eigenvalue weighted by Gasteiger charge is -2.26. The molecule has 0 aliphatic rings. The standard InChI is InChI=1S/C15H25FINO/c1-4-6-8-9-11-15(3,10-7-5-2)14-18-12(16)13(17)19-14/h4-11H2,1-3H3. The molecule has 1 aromatic rings. The second-order valence-electron chi connectivity index (χ2n) is 5.56. The van der Waals surface area contributed by atoms with E-state index in [1.807, 2.05) is 22.6 Å². The molecule has 0 radical (unpaired) electrons. The topological polar surface area (TPSA) is 26.0 Å². The molecule has 0 aromatic carbocycles. The molecule has 4 heteroatoms. The summed E-state index contributed by atoms with van der Waals surface area (Å²) in [6.45, 7) is 6.55. The molecule has 110 valence electrons. The number of nitrogens with zero attached hydrogens (tertiary/aromatic N) is 1. The molecule has 1 heterocycles. The fourth-order valence-corrected chi connectivity index (χ4v) is 2.72. The maximum Gasteiger partial charge on any atom is 0.265 e. The number of oxazole rings is 1. The summed E-state index contributed by atoms with van der Waals surface area (Å²) in [7, 11) is 0. The molecule has 0 fully saturated rings. The number of unbranched alkanes of at least 4 members (excludes halogenated alkanes) is 4. The van der Waals surface area contributed by atoms with Crippen LogP contribution in [0.1, 0.15) is 78.0 Å². The third-order valence-electron chi connectivity index (χ3n) is 3.73. The van der Waals surface area contributed by atoms with Gasteiger partial charge in [-0.15, -0.1) is 0 Å². The summed E-state index contributed by atoms with van der Waals surface area (Å²) in [6.07, 6.45) is 9.22. The fourth-order valence-electron chi connectivity index (χ4n) is 2.39. The van der Waals surface area contributed by atoms with E-state index in [0.29, 0.717) is 5.89 Å². The molecule has 1 unspecified atom stereocenters. The summed E-state index contributed by atoms with van der Waals surface area (Å²) in [5.41, 5.74) is -0.117. The van der Waals surface area contributed by atoms with Crippen LogP contribution in [0.25, 0.3) is 0 Å². The first-order valence-corrected chi connectivity index (χ1v) is 8.43. The number of halogens is 2. The molecule has 0 amide bonds. The Hall–Kier alpha value is -0.130. The van der Waals surface area contributed by atoms with Gasteiger partial charge in [0.05, 0.1) is 0 Å². The quantitative estimate of drug-likeness (QED) is 0.397. The Morgan fingerprint density at radius 1 is 1.11 bits per heavy atom. The zero-order valence-corrected chi connectivity index (χ0v) is 14.4. The van der Waals surface area contributed by atoms with Crippen molar-refractivity contribution in [1.82, 2.24) is 4.98 Å². The lowest BCUT2D eigenvalue weighted by Crippen LogP contribution is -2.22. The Labute approximate surface area is 129 Å². The van der Waals surface area contributed by atoms with E-state index in [-0.39, 0.29) is 9.18 Å². The van der Waals surface area contributed by atoms with E-state index in [0.717, 1.165) is 32.1 Å². The second-order valence-corrected chi connectivity index (χ2v) is 6.54. The molecule has 19 heavy (non-hydrogen) atoms. The van der Waals surface area contributed by atoms with E-state index in [2.05, 4.69) is 25.8 Å². The van der Waals surface area contributed by atoms with Gasteiger partial charge in [0.25, 0.3) is 5.95 Å². The Bertz CT molecular complexity index is 361. The molecule has 0 saturated carbocycles. The fraction of sp³-hybridized carbons (Fsp3) is 0.800. The molecule has 0 aliphatic heterocycles. The van der Waals surface area contributed by atoms with Crippen LogP contribution in [-0.2, 0) is 5.41 Å². The average molecular weight is 381 g/mol. The smallest absolute Gasteiger partial charge is 0.265 e. The van der Waals surface area contributed by atoms with E-state index in [1.54, 1.807) is 0 Å². The summed E-state index contributed by atoms with van der Waals surface area (Å²) in [6, 6.07) is 0. The highest BCUT2D eigenvalue weighted by Gasteiger charge is 2.32. The first kappa shape index (κ1) is 16.9. The van der Waals surface area contributed by atoms with Gasteiger partial charge in [0, 0.05) is 28.0 Å². The summed E-state index contributed by atoms with van der Waals surface area (Å²) in [4.78, 5) is 3.99. The van der Waals surface area contributed by atoms with Crippen LogP contribution in [0.15, 0.2) is 4.42 Å². The summed E-state index contributed by atoms with van der Waals surface area (Å²) >= 11 is 1.87. The van der Waals surface area contributed by atoms with Gasteiger partial charge in [-0.1, -0.05) is 59.3 Å². The minimum Gasteiger partial charge on any atom is -0.431 e. The van der Waals surface area contributed by atoms with Gasteiger partial charge in [0.1, 0.15) is 0 Å². The second kappa shape index (κ2) is 8.22. The molecule has 0 bridgehead atoms. The van der Waals surface area contributed by atoms with Crippen molar-refractivity contribution in [2.24, 2.45) is 0 Å². The van der Waals surface area contributed by atoms with Gasteiger partial charge in [0.2, 0.25) is 9.66 Å². The normalized spacial score (nSPS) is 14.6. The van der Waals surface area contributed by atoms with Gasteiger partial charge in [-0.3, -0.25) is 0 Å². The van der Waals surface area contributed by atoms with Crippen molar-refractivity contribution < 1.29 is 8.81 Å². The summed E-state index contributed by atoms with van der Waals surface area (Å²) in [5.74, 6) is 0.117. The zero-order valence-electron chi connectivity index (χ0n) is 12.3. The molecule has 2 nitrogen and oxygen atoms in total. The Morgan fingerprint density at radius 2 is 1.74 bits per heavy atom. The van der Waals surface area contributed by atoms with Crippen molar-refractivity contribution >= 4 is 22.6 Å². The molecule has 0 aliphatic carbocycles. The van der Waals surface area contributed by atoms with E-state index in [1.165, 1.54) is 19.3 Å². The Balaban J connectivity index is 2.73. The van der Waals surface area contributed by atoms with Gasteiger partial charge in [0.15, 0.2) is 0 Å². The largest absolute Gasteiger partial charge is 0.431 e. The first-order chi connectivity index (χ1) is 9.03. The molecule has 0 N–H and O–H groups in total. The summed E-state index contributed by atoms with van der Waals surface area (Å²) in [5, 5.41) is 0. The highest BCUT2D eigenvalue weighted by Crippen LogP contribution is 2.35. The van der Waals surface area contributed by atoms with Crippen LogP contribution in [0.4, 0.5) is 4.39 Å². The van der Waals surface area contributed by atoms with Crippen molar-refractivity contribution in [2.75, 3.05) is 0 Å². The average Bonchev–Trinajstić information content (AvgIpc) is 2.73. The highest BCUT2D eigenvalue weighted by molar-refractivity contribution is 14.1. The van der Waals surface area contributed by atoms with Crippen LogP contribution < -0.4 is 0 Å². The molecule has 0 saturated heterocycles. The summed E-state index contributed by atoms with van der Waals surface area (Å²) < 4.78 is 19.2. The number of hydrogen-bond donors (Lipinski definition) is 0. The van der Waals surface area contributed by atoms with Crippen molar-refractivity contribution in [3.8, 4) is 0 Å². The lowest BCUT2D eigenvalue weighted by molar-refractivity contribution is 0.284. The van der Waals surface area contributed by atoms with Crippen LogP contribution in [0.2, 0.25) is 0 Å². The van der Waals surface area contributed by atoms with Gasteiger partial charge < -0.3 is 4.42 Å². The Morgan fingerprint density at radius 3 is 2.26 bits per heavy atom. The van der Waals surface area contributed by atoms with Crippen molar-refractivity contribution in [3.63, 3.8) is 0 Å². The monoisotopic (exact) mass is 381 g/mol. The lowest BCUT2D eigenvalue weighted by atomic mass is 9.80. The predicted octanol–water partition coefficient (Wildman–Crippen LogP) is 5.84. The number of aromatic nitrogens is 1. The molecular weight excluding hydrogens is 356 g/mol. The van der Waals surface area contributed by atoms with Crippen LogP contribution in [0.5, 0.6) is 0 Å². The van der Waals surface area contributed by atoms with Gasteiger partial charge >= 0.3 is 0 Å².